The van der Waals surface area contributed by atoms with Gasteiger partial charge in [0.25, 0.3) is 0 Å². The maximum atomic E-state index is 12.0. The SMILES string of the molecule is O=C(OOCC(O)COOC(=O)c1cc(=O)c2ccccc2o1)c1cc(=O)c2ccccc2o1. The van der Waals surface area contributed by atoms with E-state index in [1.165, 1.54) is 12.1 Å². The summed E-state index contributed by atoms with van der Waals surface area (Å²) >= 11 is 0. The van der Waals surface area contributed by atoms with Crippen LogP contribution >= 0.6 is 0 Å². The van der Waals surface area contributed by atoms with Crippen molar-refractivity contribution in [2.24, 2.45) is 0 Å². The van der Waals surface area contributed by atoms with Crippen molar-refractivity contribution in [1.82, 2.24) is 0 Å². The van der Waals surface area contributed by atoms with Crippen LogP contribution in [0.15, 0.2) is 79.1 Å². The van der Waals surface area contributed by atoms with Crippen LogP contribution in [0.2, 0.25) is 0 Å². The van der Waals surface area contributed by atoms with E-state index in [9.17, 15) is 24.3 Å². The lowest BCUT2D eigenvalue weighted by Gasteiger charge is -2.10. The van der Waals surface area contributed by atoms with Gasteiger partial charge in [-0.1, -0.05) is 24.3 Å². The highest BCUT2D eigenvalue weighted by molar-refractivity contribution is 5.89. The number of fused-ring (bicyclic) bond motifs is 2. The third kappa shape index (κ3) is 5.18. The Labute approximate surface area is 189 Å². The van der Waals surface area contributed by atoms with Gasteiger partial charge < -0.3 is 13.9 Å². The van der Waals surface area contributed by atoms with Crippen LogP contribution in [0.25, 0.3) is 21.9 Å². The second kappa shape index (κ2) is 10.1. The summed E-state index contributed by atoms with van der Waals surface area (Å²) in [5.41, 5.74) is -0.489. The molecule has 174 valence electrons. The van der Waals surface area contributed by atoms with E-state index in [1.807, 2.05) is 0 Å². The number of rotatable bonds is 8. The topological polar surface area (TPSA) is 152 Å². The fraction of sp³-hybridized carbons (Fsp3) is 0.130. The number of benzene rings is 2. The van der Waals surface area contributed by atoms with Gasteiger partial charge in [-0.3, -0.25) is 19.4 Å². The second-order valence-corrected chi connectivity index (χ2v) is 6.91. The number of aliphatic hydroxyl groups is 1. The van der Waals surface area contributed by atoms with Crippen LogP contribution in [0.3, 0.4) is 0 Å². The molecular formula is C23H16O11. The van der Waals surface area contributed by atoms with E-state index < -0.39 is 42.1 Å². The lowest BCUT2D eigenvalue weighted by molar-refractivity contribution is -0.285. The summed E-state index contributed by atoms with van der Waals surface area (Å²) < 4.78 is 10.6. The van der Waals surface area contributed by atoms with Crippen molar-refractivity contribution < 1.29 is 43.1 Å². The number of aliphatic hydroxyl groups excluding tert-OH is 1. The van der Waals surface area contributed by atoms with E-state index in [0.29, 0.717) is 10.8 Å². The summed E-state index contributed by atoms with van der Waals surface area (Å²) in [6, 6.07) is 14.6. The van der Waals surface area contributed by atoms with Crippen LogP contribution in [-0.2, 0) is 19.6 Å². The van der Waals surface area contributed by atoms with Gasteiger partial charge in [0.05, 0.1) is 10.8 Å². The van der Waals surface area contributed by atoms with Crippen LogP contribution < -0.4 is 10.9 Å². The van der Waals surface area contributed by atoms with Crippen LogP contribution in [0.5, 0.6) is 0 Å². The van der Waals surface area contributed by atoms with Gasteiger partial charge in [0, 0.05) is 12.1 Å². The molecule has 4 rings (SSSR count). The van der Waals surface area contributed by atoms with E-state index in [2.05, 4.69) is 19.6 Å². The molecular weight excluding hydrogens is 452 g/mol. The van der Waals surface area contributed by atoms with Gasteiger partial charge in [-0.15, -0.1) is 0 Å². The second-order valence-electron chi connectivity index (χ2n) is 6.91. The number of hydrogen-bond donors (Lipinski definition) is 1. The molecule has 0 aliphatic rings. The highest BCUT2D eigenvalue weighted by atomic mass is 17.2. The molecule has 2 heterocycles. The van der Waals surface area contributed by atoms with Crippen molar-refractivity contribution in [2.75, 3.05) is 13.2 Å². The van der Waals surface area contributed by atoms with Gasteiger partial charge in [-0.05, 0) is 24.3 Å². The molecule has 4 aromatic rings. The van der Waals surface area contributed by atoms with E-state index in [1.54, 1.807) is 36.4 Å². The predicted molar refractivity (Wildman–Crippen MR) is 114 cm³/mol. The zero-order valence-corrected chi connectivity index (χ0v) is 17.3. The van der Waals surface area contributed by atoms with E-state index >= 15 is 0 Å². The molecule has 0 saturated carbocycles. The molecule has 11 nitrogen and oxygen atoms in total. The first-order valence-electron chi connectivity index (χ1n) is 9.84. The fourth-order valence-electron chi connectivity index (χ4n) is 2.87. The maximum absolute atomic E-state index is 12.0. The van der Waals surface area contributed by atoms with Crippen molar-refractivity contribution in [3.05, 3.63) is 92.6 Å². The molecule has 11 heteroatoms. The van der Waals surface area contributed by atoms with Crippen LogP contribution in [0, 0.1) is 0 Å². The summed E-state index contributed by atoms with van der Waals surface area (Å²) in [6.45, 7) is -1.10. The molecule has 0 radical (unpaired) electrons. The molecule has 2 aromatic heterocycles. The van der Waals surface area contributed by atoms with Crippen LogP contribution in [0.4, 0.5) is 0 Å². The minimum Gasteiger partial charge on any atom is -0.449 e. The fourth-order valence-corrected chi connectivity index (χ4v) is 2.87. The zero-order valence-electron chi connectivity index (χ0n) is 17.3. The average Bonchev–Trinajstić information content (AvgIpc) is 2.84. The van der Waals surface area contributed by atoms with E-state index in [0.717, 1.165) is 12.1 Å². The normalized spacial score (nSPS) is 11.1. The standard InChI is InChI=1S/C23H16O11/c24-13(11-29-33-22(27)20-9-16(25)14-5-1-3-7-18(14)31-20)12-30-34-23(28)21-10-17(26)15-6-2-4-8-19(15)32-21/h1-10,13,24H,11-12H2. The van der Waals surface area contributed by atoms with Crippen molar-refractivity contribution in [3.8, 4) is 0 Å². The number of para-hydroxylation sites is 2. The third-order valence-corrected chi connectivity index (χ3v) is 4.46. The molecule has 0 unspecified atom stereocenters. The Balaban J connectivity index is 1.24. The van der Waals surface area contributed by atoms with Crippen LogP contribution in [0.1, 0.15) is 21.1 Å². The number of carbonyl (C=O) groups is 2. The van der Waals surface area contributed by atoms with Gasteiger partial charge >= 0.3 is 11.9 Å². The Morgan fingerprint density at radius 3 is 1.59 bits per heavy atom. The summed E-state index contributed by atoms with van der Waals surface area (Å²) in [7, 11) is 0. The Morgan fingerprint density at radius 2 is 1.15 bits per heavy atom. The zero-order chi connectivity index (χ0) is 24.1. The third-order valence-electron chi connectivity index (χ3n) is 4.46. The van der Waals surface area contributed by atoms with Gasteiger partial charge in [0.15, 0.2) is 10.9 Å². The Kier molecular flexibility index (Phi) is 6.78. The first-order chi connectivity index (χ1) is 16.4. The molecule has 0 atom stereocenters. The van der Waals surface area contributed by atoms with E-state index in [4.69, 9.17) is 8.83 Å². The highest BCUT2D eigenvalue weighted by Crippen LogP contribution is 2.14. The summed E-state index contributed by atoms with van der Waals surface area (Å²) in [5, 5.41) is 10.4. The van der Waals surface area contributed by atoms with E-state index in [-0.39, 0.29) is 22.7 Å². The smallest absolute Gasteiger partial charge is 0.408 e. The summed E-state index contributed by atoms with van der Waals surface area (Å²) in [6.07, 6.45) is -1.37. The molecule has 0 aliphatic carbocycles. The highest BCUT2D eigenvalue weighted by Gasteiger charge is 2.18. The minimum atomic E-state index is -1.37. The molecule has 0 spiro atoms. The molecule has 1 N–H and O–H groups in total. The minimum absolute atomic E-state index is 0.194. The Morgan fingerprint density at radius 1 is 0.735 bits per heavy atom. The molecule has 0 bridgehead atoms. The quantitative estimate of drug-likeness (QED) is 0.299. The number of hydrogen-bond acceptors (Lipinski definition) is 11. The molecule has 0 saturated heterocycles. The maximum Gasteiger partial charge on any atom is 0.408 e. The Bertz CT molecular complexity index is 1360. The van der Waals surface area contributed by atoms with Gasteiger partial charge in [0.1, 0.15) is 30.5 Å². The molecule has 2 aromatic carbocycles. The van der Waals surface area contributed by atoms with Crippen molar-refractivity contribution in [2.45, 2.75) is 6.10 Å². The molecule has 0 fully saturated rings. The first-order valence-corrected chi connectivity index (χ1v) is 9.84. The van der Waals surface area contributed by atoms with Crippen molar-refractivity contribution in [1.29, 1.82) is 0 Å². The Hall–Kier alpha value is -4.32. The molecule has 34 heavy (non-hydrogen) atoms. The molecule has 0 amide bonds. The lowest BCUT2D eigenvalue weighted by atomic mass is 10.2. The summed E-state index contributed by atoms with van der Waals surface area (Å²) in [4.78, 5) is 66.3. The van der Waals surface area contributed by atoms with Crippen LogP contribution in [-0.4, -0.2) is 36.4 Å². The van der Waals surface area contributed by atoms with Crippen molar-refractivity contribution in [3.63, 3.8) is 0 Å². The van der Waals surface area contributed by atoms with Gasteiger partial charge in [-0.25, -0.2) is 9.59 Å². The predicted octanol–water partition coefficient (Wildman–Crippen LogP) is 2.14. The monoisotopic (exact) mass is 468 g/mol. The lowest BCUT2D eigenvalue weighted by Crippen LogP contribution is -2.24. The van der Waals surface area contributed by atoms with Gasteiger partial charge in [-0.2, -0.15) is 9.78 Å². The average molecular weight is 468 g/mol. The summed E-state index contributed by atoms with van der Waals surface area (Å²) in [5.74, 6) is -2.96. The van der Waals surface area contributed by atoms with Gasteiger partial charge in [0.2, 0.25) is 11.5 Å². The number of carbonyl (C=O) groups excluding carboxylic acids is 2. The van der Waals surface area contributed by atoms with Crippen molar-refractivity contribution >= 4 is 33.9 Å². The largest absolute Gasteiger partial charge is 0.449 e. The first kappa shape index (κ1) is 22.9. The molecule has 0 aliphatic heterocycles.